The number of carbonyl (C=O) groups excluding carboxylic acids is 2. The smallest absolute Gasteiger partial charge is 0.335 e. The van der Waals surface area contributed by atoms with Crippen LogP contribution in [-0.2, 0) is 24.6 Å². The molecule has 1 N–H and O–H groups in total. The van der Waals surface area contributed by atoms with Crippen molar-refractivity contribution in [2.24, 2.45) is 7.05 Å². The van der Waals surface area contributed by atoms with Gasteiger partial charge >= 0.3 is 6.18 Å². The number of hydrogen-bond donors (Lipinski definition) is 1. The van der Waals surface area contributed by atoms with Crippen molar-refractivity contribution < 1.29 is 22.8 Å². The Morgan fingerprint density at radius 2 is 1.63 bits per heavy atom. The summed E-state index contributed by atoms with van der Waals surface area (Å²) in [5.41, 5.74) is 3.92. The zero-order valence-corrected chi connectivity index (χ0v) is 22.0. The monoisotopic (exact) mass is 554 g/mol. The van der Waals surface area contributed by atoms with Gasteiger partial charge in [0.1, 0.15) is 5.82 Å². The molecule has 0 saturated carbocycles. The summed E-state index contributed by atoms with van der Waals surface area (Å²) in [5.74, 6) is 0.143. The van der Waals surface area contributed by atoms with Crippen LogP contribution in [0, 0.1) is 0 Å². The van der Waals surface area contributed by atoms with E-state index in [0.717, 1.165) is 35.2 Å². The Kier molecular flexibility index (Phi) is 7.69. The molecule has 3 aromatic carbocycles. The van der Waals surface area contributed by atoms with Crippen molar-refractivity contribution in [1.29, 1.82) is 0 Å². The number of rotatable bonds is 8. The number of aromatic nitrogens is 2. The van der Waals surface area contributed by atoms with Gasteiger partial charge in [0, 0.05) is 37.3 Å². The number of nitrogens with one attached hydrogen (secondary N) is 1. The third-order valence-electron chi connectivity index (χ3n) is 6.65. The lowest BCUT2D eigenvalue weighted by molar-refractivity contribution is -0.137. The second-order valence-corrected chi connectivity index (χ2v) is 9.44. The second-order valence-electron chi connectivity index (χ2n) is 9.44. The summed E-state index contributed by atoms with van der Waals surface area (Å²) in [6.07, 6.45) is 1.48. The maximum atomic E-state index is 13.2. The highest BCUT2D eigenvalue weighted by molar-refractivity contribution is 6.09. The third kappa shape index (κ3) is 6.19. The molecule has 0 unspecified atom stereocenters. The van der Waals surface area contributed by atoms with E-state index in [1.165, 1.54) is 17.0 Å². The molecule has 2 heterocycles. The molecule has 2 amide bonds. The number of pyridine rings is 1. The van der Waals surface area contributed by atoms with Crippen LogP contribution < -0.4 is 10.2 Å². The van der Waals surface area contributed by atoms with Gasteiger partial charge in [-0.3, -0.25) is 19.5 Å². The molecule has 5 rings (SSSR count). The highest BCUT2D eigenvalue weighted by Crippen LogP contribution is 2.32. The lowest BCUT2D eigenvalue weighted by Gasteiger charge is -2.18. The van der Waals surface area contributed by atoms with E-state index in [0.29, 0.717) is 34.7 Å². The maximum Gasteiger partial charge on any atom is 0.416 e. The van der Waals surface area contributed by atoms with E-state index in [1.54, 1.807) is 60.5 Å². The van der Waals surface area contributed by atoms with Gasteiger partial charge in [-0.2, -0.15) is 13.2 Å². The van der Waals surface area contributed by atoms with Crippen molar-refractivity contribution >= 4 is 23.8 Å². The third-order valence-corrected chi connectivity index (χ3v) is 6.65. The first-order valence-corrected chi connectivity index (χ1v) is 12.7. The Balaban J connectivity index is 1.32. The standard InChI is InChI=1S/C32H25F3N4O2/c1-38-20-27(17-30(38)39(21-40)19-22-8-10-23(11-9-22)25-5-4-16-36-18-25)37-31(41)29-7-3-2-6-28(29)24-12-14-26(15-13-24)32(33,34)35/h2-18,20-21H,19H2,1H3,(H,37,41). The molecule has 41 heavy (non-hydrogen) atoms. The Labute approximate surface area is 234 Å². The zero-order chi connectivity index (χ0) is 29.0. The predicted octanol–water partition coefficient (Wildman–Crippen LogP) is 7.19. The highest BCUT2D eigenvalue weighted by atomic mass is 19.4. The molecule has 6 nitrogen and oxygen atoms in total. The first-order valence-electron chi connectivity index (χ1n) is 12.7. The molecule has 0 aliphatic carbocycles. The Morgan fingerprint density at radius 1 is 0.927 bits per heavy atom. The fourth-order valence-corrected chi connectivity index (χ4v) is 4.58. The molecule has 0 fully saturated rings. The van der Waals surface area contributed by atoms with Crippen molar-refractivity contribution in [2.45, 2.75) is 12.7 Å². The van der Waals surface area contributed by atoms with Gasteiger partial charge in [-0.05, 0) is 52.1 Å². The summed E-state index contributed by atoms with van der Waals surface area (Å²) in [4.78, 5) is 31.0. The van der Waals surface area contributed by atoms with E-state index < -0.39 is 17.6 Å². The summed E-state index contributed by atoms with van der Waals surface area (Å²) in [6, 6.07) is 24.8. The minimum Gasteiger partial charge on any atom is -0.335 e. The number of hydrogen-bond acceptors (Lipinski definition) is 3. The van der Waals surface area contributed by atoms with Gasteiger partial charge in [0.2, 0.25) is 6.41 Å². The van der Waals surface area contributed by atoms with Gasteiger partial charge in [0.15, 0.2) is 0 Å². The van der Waals surface area contributed by atoms with E-state index >= 15 is 0 Å². The van der Waals surface area contributed by atoms with Crippen molar-refractivity contribution in [3.8, 4) is 22.3 Å². The van der Waals surface area contributed by atoms with Crippen LogP contribution in [0.2, 0.25) is 0 Å². The van der Waals surface area contributed by atoms with Gasteiger partial charge < -0.3 is 9.88 Å². The van der Waals surface area contributed by atoms with Crippen molar-refractivity contribution in [3.05, 3.63) is 126 Å². The lowest BCUT2D eigenvalue weighted by Crippen LogP contribution is -2.22. The summed E-state index contributed by atoms with van der Waals surface area (Å²) in [7, 11) is 1.77. The number of anilines is 2. The molecule has 0 saturated heterocycles. The molecule has 5 aromatic rings. The number of nitrogens with zero attached hydrogens (tertiary/aromatic N) is 3. The fourth-order valence-electron chi connectivity index (χ4n) is 4.58. The summed E-state index contributed by atoms with van der Waals surface area (Å²) < 4.78 is 40.7. The lowest BCUT2D eigenvalue weighted by atomic mass is 9.98. The minimum atomic E-state index is -4.45. The molecule has 2 aromatic heterocycles. The van der Waals surface area contributed by atoms with E-state index in [1.807, 2.05) is 36.4 Å². The van der Waals surface area contributed by atoms with Gasteiger partial charge in [0.05, 0.1) is 17.8 Å². The second kappa shape index (κ2) is 11.5. The normalized spacial score (nSPS) is 11.2. The van der Waals surface area contributed by atoms with Gasteiger partial charge in [-0.1, -0.05) is 60.7 Å². The fraction of sp³-hybridized carbons (Fsp3) is 0.0938. The molecule has 0 radical (unpaired) electrons. The number of amides is 2. The summed E-state index contributed by atoms with van der Waals surface area (Å²) in [6.45, 7) is 0.318. The molecule has 0 spiro atoms. The van der Waals surface area contributed by atoms with Crippen molar-refractivity contribution in [1.82, 2.24) is 9.55 Å². The van der Waals surface area contributed by atoms with Crippen LogP contribution in [0.1, 0.15) is 21.5 Å². The van der Waals surface area contributed by atoms with Crippen LogP contribution in [0.25, 0.3) is 22.3 Å². The van der Waals surface area contributed by atoms with Crippen LogP contribution >= 0.6 is 0 Å². The largest absolute Gasteiger partial charge is 0.416 e. The highest BCUT2D eigenvalue weighted by Gasteiger charge is 2.30. The molecule has 0 atom stereocenters. The number of aryl methyl sites for hydroxylation is 1. The van der Waals surface area contributed by atoms with Crippen LogP contribution in [-0.4, -0.2) is 21.9 Å². The Bertz CT molecular complexity index is 1660. The number of halogens is 3. The van der Waals surface area contributed by atoms with Crippen LogP contribution in [0.5, 0.6) is 0 Å². The van der Waals surface area contributed by atoms with E-state index in [2.05, 4.69) is 10.3 Å². The van der Waals surface area contributed by atoms with Gasteiger partial charge in [0.25, 0.3) is 5.91 Å². The molecular formula is C32H25F3N4O2. The van der Waals surface area contributed by atoms with Crippen LogP contribution in [0.3, 0.4) is 0 Å². The number of alkyl halides is 3. The molecule has 0 aliphatic rings. The van der Waals surface area contributed by atoms with Crippen LogP contribution in [0.4, 0.5) is 24.7 Å². The van der Waals surface area contributed by atoms with E-state index in [4.69, 9.17) is 0 Å². The van der Waals surface area contributed by atoms with E-state index in [9.17, 15) is 22.8 Å². The Morgan fingerprint density at radius 3 is 2.29 bits per heavy atom. The first-order chi connectivity index (χ1) is 19.7. The SMILES string of the molecule is Cn1cc(NC(=O)c2ccccc2-c2ccc(C(F)(F)F)cc2)cc1N(C=O)Cc1ccc(-c2cccnc2)cc1. The molecular weight excluding hydrogens is 529 g/mol. The molecule has 0 bridgehead atoms. The van der Waals surface area contributed by atoms with Gasteiger partial charge in [-0.15, -0.1) is 0 Å². The van der Waals surface area contributed by atoms with E-state index in [-0.39, 0.29) is 0 Å². The quantitative estimate of drug-likeness (QED) is 0.207. The number of carbonyl (C=O) groups is 2. The molecule has 0 aliphatic heterocycles. The zero-order valence-electron chi connectivity index (χ0n) is 22.0. The average Bonchev–Trinajstić information content (AvgIpc) is 3.35. The molecule has 9 heteroatoms. The summed E-state index contributed by atoms with van der Waals surface area (Å²) >= 11 is 0. The topological polar surface area (TPSA) is 67.2 Å². The predicted molar refractivity (Wildman–Crippen MR) is 152 cm³/mol. The number of benzene rings is 3. The van der Waals surface area contributed by atoms with Crippen molar-refractivity contribution in [2.75, 3.05) is 10.2 Å². The maximum absolute atomic E-state index is 13.2. The van der Waals surface area contributed by atoms with Gasteiger partial charge in [-0.25, -0.2) is 0 Å². The van der Waals surface area contributed by atoms with Crippen molar-refractivity contribution in [3.63, 3.8) is 0 Å². The van der Waals surface area contributed by atoms with Crippen LogP contribution in [0.15, 0.2) is 110 Å². The minimum absolute atomic E-state index is 0.304. The Hall–Kier alpha value is -5.18. The molecule has 206 valence electrons. The first kappa shape index (κ1) is 27.4. The average molecular weight is 555 g/mol. The summed E-state index contributed by atoms with van der Waals surface area (Å²) in [5, 5.41) is 2.85.